The summed E-state index contributed by atoms with van der Waals surface area (Å²) < 4.78 is 4.69. The van der Waals surface area contributed by atoms with Gasteiger partial charge in [0, 0.05) is 11.6 Å². The van der Waals surface area contributed by atoms with E-state index in [2.05, 4.69) is 10.1 Å². The lowest BCUT2D eigenvalue weighted by Gasteiger charge is -2.28. The third-order valence-electron chi connectivity index (χ3n) is 3.98. The lowest BCUT2D eigenvalue weighted by molar-refractivity contribution is -0.120. The summed E-state index contributed by atoms with van der Waals surface area (Å²) >= 11 is 0. The molecule has 1 fully saturated rings. The number of methoxy groups -OCH3 is 1. The smallest absolute Gasteiger partial charge is 0.337 e. The summed E-state index contributed by atoms with van der Waals surface area (Å²) in [5.41, 5.74) is 2.41. The highest BCUT2D eigenvalue weighted by Gasteiger charge is 2.39. The van der Waals surface area contributed by atoms with Crippen LogP contribution in [0, 0.1) is 5.92 Å². The van der Waals surface area contributed by atoms with Gasteiger partial charge in [-0.2, -0.15) is 0 Å². The molecule has 94 valence electrons. The standard InChI is InChI=1S/C14H15NO3/c1-18-14(17)8-5-6-10-9-3-2-4-11(9)13(16)15-12(10)7-8/h5-7,9,11H,2-4H2,1H3,(H,15,16). The first-order chi connectivity index (χ1) is 8.70. The van der Waals surface area contributed by atoms with Gasteiger partial charge in [-0.25, -0.2) is 4.79 Å². The van der Waals surface area contributed by atoms with Crippen molar-refractivity contribution in [3.63, 3.8) is 0 Å². The molecule has 0 bridgehead atoms. The number of esters is 1. The minimum atomic E-state index is -0.374. The van der Waals surface area contributed by atoms with E-state index in [1.54, 1.807) is 12.1 Å². The number of amides is 1. The molecule has 0 saturated heterocycles. The Hall–Kier alpha value is -1.84. The molecule has 2 aliphatic rings. The van der Waals surface area contributed by atoms with Gasteiger partial charge in [-0.3, -0.25) is 4.79 Å². The Labute approximate surface area is 105 Å². The average molecular weight is 245 g/mol. The van der Waals surface area contributed by atoms with E-state index in [0.717, 1.165) is 30.5 Å². The summed E-state index contributed by atoms with van der Waals surface area (Å²) in [6.45, 7) is 0. The predicted molar refractivity (Wildman–Crippen MR) is 66.5 cm³/mol. The minimum absolute atomic E-state index is 0.0898. The zero-order chi connectivity index (χ0) is 12.7. The quantitative estimate of drug-likeness (QED) is 0.772. The maximum absolute atomic E-state index is 12.0. The van der Waals surface area contributed by atoms with Crippen molar-refractivity contribution in [2.24, 2.45) is 5.92 Å². The molecule has 1 amide bonds. The van der Waals surface area contributed by atoms with Crippen molar-refractivity contribution in [2.45, 2.75) is 25.2 Å². The van der Waals surface area contributed by atoms with Crippen LogP contribution in [0.1, 0.15) is 41.1 Å². The van der Waals surface area contributed by atoms with Gasteiger partial charge in [0.05, 0.1) is 12.7 Å². The molecule has 0 radical (unpaired) electrons. The van der Waals surface area contributed by atoms with Crippen LogP contribution in [0.5, 0.6) is 0 Å². The van der Waals surface area contributed by atoms with Crippen LogP contribution in [0.15, 0.2) is 18.2 Å². The molecule has 1 aromatic carbocycles. The predicted octanol–water partition coefficient (Wildman–Crippen LogP) is 2.31. The Morgan fingerprint density at radius 3 is 2.89 bits per heavy atom. The van der Waals surface area contributed by atoms with E-state index in [0.29, 0.717) is 11.5 Å². The van der Waals surface area contributed by atoms with Crippen molar-refractivity contribution in [3.8, 4) is 0 Å². The van der Waals surface area contributed by atoms with Crippen LogP contribution in [-0.2, 0) is 9.53 Å². The second kappa shape index (κ2) is 4.12. The van der Waals surface area contributed by atoms with E-state index in [1.165, 1.54) is 7.11 Å². The van der Waals surface area contributed by atoms with E-state index < -0.39 is 0 Å². The molecule has 1 aromatic rings. The summed E-state index contributed by atoms with van der Waals surface area (Å²) in [5, 5.41) is 2.90. The van der Waals surface area contributed by atoms with Crippen LogP contribution in [-0.4, -0.2) is 19.0 Å². The van der Waals surface area contributed by atoms with Crippen LogP contribution >= 0.6 is 0 Å². The number of hydrogen-bond acceptors (Lipinski definition) is 3. The monoisotopic (exact) mass is 245 g/mol. The Morgan fingerprint density at radius 2 is 2.11 bits per heavy atom. The lowest BCUT2D eigenvalue weighted by Crippen LogP contribution is -2.30. The first-order valence-electron chi connectivity index (χ1n) is 6.24. The van der Waals surface area contributed by atoms with Crippen LogP contribution < -0.4 is 5.32 Å². The van der Waals surface area contributed by atoms with Gasteiger partial charge in [-0.05, 0) is 36.5 Å². The van der Waals surface area contributed by atoms with Crippen molar-refractivity contribution in [1.29, 1.82) is 0 Å². The fourth-order valence-corrected chi connectivity index (χ4v) is 3.10. The first kappa shape index (κ1) is 11.3. The highest BCUT2D eigenvalue weighted by atomic mass is 16.5. The highest BCUT2D eigenvalue weighted by Crippen LogP contribution is 2.46. The molecule has 3 rings (SSSR count). The van der Waals surface area contributed by atoms with Crippen LogP contribution in [0.4, 0.5) is 5.69 Å². The number of hydrogen-bond donors (Lipinski definition) is 1. The molecule has 1 saturated carbocycles. The van der Waals surface area contributed by atoms with Gasteiger partial charge in [0.2, 0.25) is 5.91 Å². The van der Waals surface area contributed by atoms with Crippen LogP contribution in [0.2, 0.25) is 0 Å². The van der Waals surface area contributed by atoms with Gasteiger partial charge >= 0.3 is 5.97 Å². The lowest BCUT2D eigenvalue weighted by atomic mass is 9.83. The molecule has 2 unspecified atom stereocenters. The first-order valence-corrected chi connectivity index (χ1v) is 6.24. The molecule has 1 heterocycles. The maximum Gasteiger partial charge on any atom is 0.337 e. The minimum Gasteiger partial charge on any atom is -0.465 e. The number of ether oxygens (including phenoxy) is 1. The van der Waals surface area contributed by atoms with E-state index in [-0.39, 0.29) is 17.8 Å². The van der Waals surface area contributed by atoms with Crippen molar-refractivity contribution >= 4 is 17.6 Å². The topological polar surface area (TPSA) is 55.4 Å². The SMILES string of the molecule is COC(=O)c1ccc2c(c1)NC(=O)C1CCCC21. The zero-order valence-corrected chi connectivity index (χ0v) is 10.2. The summed E-state index contributed by atoms with van der Waals surface area (Å²) in [4.78, 5) is 23.4. The van der Waals surface area contributed by atoms with Gasteiger partial charge in [-0.15, -0.1) is 0 Å². The van der Waals surface area contributed by atoms with Gasteiger partial charge in [0.1, 0.15) is 0 Å². The Bertz CT molecular complexity index is 524. The molecular formula is C14H15NO3. The van der Waals surface area contributed by atoms with E-state index in [4.69, 9.17) is 0 Å². The number of carbonyl (C=O) groups is 2. The second-order valence-electron chi connectivity index (χ2n) is 4.93. The molecule has 4 nitrogen and oxygen atoms in total. The molecule has 2 atom stereocenters. The van der Waals surface area contributed by atoms with Crippen molar-refractivity contribution in [1.82, 2.24) is 0 Å². The second-order valence-corrected chi connectivity index (χ2v) is 4.93. The zero-order valence-electron chi connectivity index (χ0n) is 10.2. The number of carbonyl (C=O) groups excluding carboxylic acids is 2. The number of anilines is 1. The Kier molecular flexibility index (Phi) is 2.58. The maximum atomic E-state index is 12.0. The van der Waals surface area contributed by atoms with Crippen LogP contribution in [0.3, 0.4) is 0 Å². The molecule has 0 aromatic heterocycles. The summed E-state index contributed by atoms with van der Waals surface area (Å²) in [5.74, 6) is 0.148. The fourth-order valence-electron chi connectivity index (χ4n) is 3.10. The third-order valence-corrected chi connectivity index (χ3v) is 3.98. The Balaban J connectivity index is 2.02. The molecule has 1 N–H and O–H groups in total. The number of benzene rings is 1. The molecule has 18 heavy (non-hydrogen) atoms. The van der Waals surface area contributed by atoms with Crippen molar-refractivity contribution < 1.29 is 14.3 Å². The van der Waals surface area contributed by atoms with E-state index in [1.807, 2.05) is 6.07 Å². The number of nitrogens with one attached hydrogen (secondary N) is 1. The molecule has 0 spiro atoms. The summed E-state index contributed by atoms with van der Waals surface area (Å²) in [7, 11) is 1.35. The number of rotatable bonds is 1. The van der Waals surface area contributed by atoms with Crippen LogP contribution in [0.25, 0.3) is 0 Å². The highest BCUT2D eigenvalue weighted by molar-refractivity contribution is 5.99. The molecule has 1 aliphatic heterocycles. The van der Waals surface area contributed by atoms with E-state index >= 15 is 0 Å². The molecular weight excluding hydrogens is 230 g/mol. The number of fused-ring (bicyclic) bond motifs is 3. The fraction of sp³-hybridized carbons (Fsp3) is 0.429. The Morgan fingerprint density at radius 1 is 1.33 bits per heavy atom. The summed E-state index contributed by atoms with van der Waals surface area (Å²) in [6, 6.07) is 5.44. The third kappa shape index (κ3) is 1.60. The van der Waals surface area contributed by atoms with Crippen molar-refractivity contribution in [3.05, 3.63) is 29.3 Å². The molecule has 1 aliphatic carbocycles. The van der Waals surface area contributed by atoms with Gasteiger partial charge in [0.25, 0.3) is 0 Å². The largest absolute Gasteiger partial charge is 0.465 e. The van der Waals surface area contributed by atoms with E-state index in [9.17, 15) is 9.59 Å². The molecule has 4 heteroatoms. The normalized spacial score (nSPS) is 25.1. The van der Waals surface area contributed by atoms with Gasteiger partial charge in [-0.1, -0.05) is 12.5 Å². The van der Waals surface area contributed by atoms with Gasteiger partial charge in [0.15, 0.2) is 0 Å². The summed E-state index contributed by atoms with van der Waals surface area (Å²) in [6.07, 6.45) is 3.12. The van der Waals surface area contributed by atoms with Crippen molar-refractivity contribution in [2.75, 3.05) is 12.4 Å². The van der Waals surface area contributed by atoms with Gasteiger partial charge < -0.3 is 10.1 Å². The average Bonchev–Trinajstić information content (AvgIpc) is 2.87.